The van der Waals surface area contributed by atoms with E-state index < -0.39 is 5.82 Å². The monoisotopic (exact) mass is 229 g/mol. The predicted molar refractivity (Wildman–Crippen MR) is 60.9 cm³/mol. The number of hydrogen-bond acceptors (Lipinski definition) is 3. The molecule has 3 aromatic rings. The Labute approximate surface area is 95.8 Å². The van der Waals surface area contributed by atoms with E-state index in [4.69, 9.17) is 5.11 Å². The summed E-state index contributed by atoms with van der Waals surface area (Å²) in [4.78, 5) is 11.2. The molecule has 2 aromatic heterocycles. The number of H-pyrrole nitrogens is 1. The van der Waals surface area contributed by atoms with Gasteiger partial charge in [0.25, 0.3) is 0 Å². The molecule has 0 aliphatic rings. The van der Waals surface area contributed by atoms with Crippen molar-refractivity contribution in [3.8, 4) is 17.1 Å². The number of aromatic hydroxyl groups is 1. The lowest BCUT2D eigenvalue weighted by atomic mass is 10.2. The molecule has 2 heterocycles. The number of fused-ring (bicyclic) bond motifs is 1. The molecule has 0 bridgehead atoms. The Morgan fingerprint density at radius 3 is 2.88 bits per heavy atom. The number of hydrogen-bond donors (Lipinski definition) is 2. The number of pyridine rings is 1. The van der Waals surface area contributed by atoms with Crippen LogP contribution >= 0.6 is 0 Å². The molecule has 0 amide bonds. The van der Waals surface area contributed by atoms with Crippen molar-refractivity contribution in [2.24, 2.45) is 0 Å². The van der Waals surface area contributed by atoms with Gasteiger partial charge in [-0.3, -0.25) is 0 Å². The Hall–Kier alpha value is -2.43. The van der Waals surface area contributed by atoms with Crippen molar-refractivity contribution in [1.82, 2.24) is 15.0 Å². The van der Waals surface area contributed by atoms with E-state index in [1.807, 2.05) is 6.07 Å². The topological polar surface area (TPSA) is 61.8 Å². The SMILES string of the molecule is Oc1ccc(-c2nc3ncccc3[nH]2)c(F)c1. The van der Waals surface area contributed by atoms with Gasteiger partial charge < -0.3 is 10.1 Å². The van der Waals surface area contributed by atoms with Gasteiger partial charge in [0.2, 0.25) is 0 Å². The van der Waals surface area contributed by atoms with E-state index >= 15 is 0 Å². The number of benzene rings is 1. The van der Waals surface area contributed by atoms with Gasteiger partial charge >= 0.3 is 0 Å². The molecule has 1 aromatic carbocycles. The minimum atomic E-state index is -0.524. The summed E-state index contributed by atoms with van der Waals surface area (Å²) in [6.07, 6.45) is 1.63. The minimum Gasteiger partial charge on any atom is -0.508 e. The molecule has 0 fully saturated rings. The first-order chi connectivity index (χ1) is 8.24. The van der Waals surface area contributed by atoms with Crippen LogP contribution in [-0.2, 0) is 0 Å². The van der Waals surface area contributed by atoms with Crippen LogP contribution in [0.25, 0.3) is 22.6 Å². The minimum absolute atomic E-state index is 0.111. The maximum Gasteiger partial charge on any atom is 0.178 e. The molecule has 0 atom stereocenters. The number of halogens is 1. The molecule has 0 unspecified atom stereocenters. The van der Waals surface area contributed by atoms with Gasteiger partial charge in [0.15, 0.2) is 5.65 Å². The van der Waals surface area contributed by atoms with Crippen molar-refractivity contribution in [2.75, 3.05) is 0 Å². The second kappa shape index (κ2) is 3.55. The lowest BCUT2D eigenvalue weighted by molar-refractivity contribution is 0.469. The first-order valence-corrected chi connectivity index (χ1v) is 5.03. The van der Waals surface area contributed by atoms with Crippen LogP contribution in [0.2, 0.25) is 0 Å². The molecule has 0 radical (unpaired) electrons. The van der Waals surface area contributed by atoms with E-state index in [0.717, 1.165) is 11.6 Å². The Balaban J connectivity index is 2.20. The van der Waals surface area contributed by atoms with E-state index in [-0.39, 0.29) is 5.75 Å². The second-order valence-electron chi connectivity index (χ2n) is 3.62. The van der Waals surface area contributed by atoms with Gasteiger partial charge in [-0.15, -0.1) is 0 Å². The second-order valence-corrected chi connectivity index (χ2v) is 3.62. The van der Waals surface area contributed by atoms with E-state index in [1.54, 1.807) is 12.3 Å². The lowest BCUT2D eigenvalue weighted by Crippen LogP contribution is -1.85. The van der Waals surface area contributed by atoms with Crippen LogP contribution in [-0.4, -0.2) is 20.1 Å². The van der Waals surface area contributed by atoms with Crippen molar-refractivity contribution in [3.63, 3.8) is 0 Å². The summed E-state index contributed by atoms with van der Waals surface area (Å²) in [7, 11) is 0. The van der Waals surface area contributed by atoms with Crippen LogP contribution in [0.4, 0.5) is 4.39 Å². The van der Waals surface area contributed by atoms with Crippen LogP contribution in [0, 0.1) is 5.82 Å². The maximum atomic E-state index is 13.6. The van der Waals surface area contributed by atoms with Gasteiger partial charge in [-0.2, -0.15) is 0 Å². The number of aromatic amines is 1. The molecular formula is C12H8FN3O. The highest BCUT2D eigenvalue weighted by molar-refractivity contribution is 5.75. The third kappa shape index (κ3) is 1.61. The first kappa shape index (κ1) is 9.77. The fraction of sp³-hybridized carbons (Fsp3) is 0. The predicted octanol–water partition coefficient (Wildman–Crippen LogP) is 2.47. The molecule has 0 saturated heterocycles. The fourth-order valence-electron chi connectivity index (χ4n) is 1.67. The maximum absolute atomic E-state index is 13.6. The number of nitrogens with one attached hydrogen (secondary N) is 1. The quantitative estimate of drug-likeness (QED) is 0.673. The molecule has 0 spiro atoms. The number of imidazole rings is 1. The summed E-state index contributed by atoms with van der Waals surface area (Å²) in [5.41, 5.74) is 1.59. The lowest BCUT2D eigenvalue weighted by Gasteiger charge is -1.99. The van der Waals surface area contributed by atoms with Crippen LogP contribution in [0.5, 0.6) is 5.75 Å². The average molecular weight is 229 g/mol. The molecule has 0 aliphatic heterocycles. The Morgan fingerprint density at radius 2 is 2.12 bits per heavy atom. The zero-order chi connectivity index (χ0) is 11.8. The third-order valence-corrected chi connectivity index (χ3v) is 2.47. The average Bonchev–Trinajstić information content (AvgIpc) is 2.72. The fourth-order valence-corrected chi connectivity index (χ4v) is 1.67. The van der Waals surface area contributed by atoms with Gasteiger partial charge in [-0.05, 0) is 24.3 Å². The van der Waals surface area contributed by atoms with Gasteiger partial charge in [0, 0.05) is 12.3 Å². The molecule has 17 heavy (non-hydrogen) atoms. The van der Waals surface area contributed by atoms with Gasteiger partial charge in [-0.1, -0.05) is 0 Å². The van der Waals surface area contributed by atoms with Gasteiger partial charge in [-0.25, -0.2) is 14.4 Å². The van der Waals surface area contributed by atoms with Crippen LogP contribution in [0.3, 0.4) is 0 Å². The highest BCUT2D eigenvalue weighted by atomic mass is 19.1. The molecule has 3 rings (SSSR count). The first-order valence-electron chi connectivity index (χ1n) is 5.03. The molecule has 4 nitrogen and oxygen atoms in total. The summed E-state index contributed by atoms with van der Waals surface area (Å²) in [5, 5.41) is 9.14. The van der Waals surface area contributed by atoms with E-state index in [2.05, 4.69) is 15.0 Å². The molecule has 0 saturated carbocycles. The van der Waals surface area contributed by atoms with Crippen molar-refractivity contribution in [3.05, 3.63) is 42.3 Å². The Kier molecular flexibility index (Phi) is 2.04. The zero-order valence-corrected chi connectivity index (χ0v) is 8.68. The summed E-state index contributed by atoms with van der Waals surface area (Å²) < 4.78 is 13.6. The van der Waals surface area contributed by atoms with Gasteiger partial charge in [0.1, 0.15) is 17.4 Å². The summed E-state index contributed by atoms with van der Waals surface area (Å²) in [6, 6.07) is 7.53. The summed E-state index contributed by atoms with van der Waals surface area (Å²) in [5.74, 6) is -0.235. The van der Waals surface area contributed by atoms with Crippen LogP contribution in [0.15, 0.2) is 36.5 Å². The largest absolute Gasteiger partial charge is 0.508 e. The van der Waals surface area contributed by atoms with Crippen molar-refractivity contribution in [1.29, 1.82) is 0 Å². The number of aromatic nitrogens is 3. The van der Waals surface area contributed by atoms with E-state index in [9.17, 15) is 4.39 Å². The number of rotatable bonds is 1. The number of phenols is 1. The van der Waals surface area contributed by atoms with E-state index in [1.165, 1.54) is 12.1 Å². The summed E-state index contributed by atoms with van der Waals surface area (Å²) in [6.45, 7) is 0. The zero-order valence-electron chi connectivity index (χ0n) is 8.68. The highest BCUT2D eigenvalue weighted by Crippen LogP contribution is 2.24. The van der Waals surface area contributed by atoms with E-state index in [0.29, 0.717) is 17.0 Å². The molecule has 0 aliphatic carbocycles. The van der Waals surface area contributed by atoms with Crippen LogP contribution in [0.1, 0.15) is 0 Å². The summed E-state index contributed by atoms with van der Waals surface area (Å²) >= 11 is 0. The smallest absolute Gasteiger partial charge is 0.178 e. The normalized spacial score (nSPS) is 10.9. The van der Waals surface area contributed by atoms with Crippen molar-refractivity contribution < 1.29 is 9.50 Å². The van der Waals surface area contributed by atoms with Crippen molar-refractivity contribution in [2.45, 2.75) is 0 Å². The molecular weight excluding hydrogens is 221 g/mol. The molecule has 84 valence electrons. The van der Waals surface area contributed by atoms with Gasteiger partial charge in [0.05, 0.1) is 11.1 Å². The van der Waals surface area contributed by atoms with Crippen LogP contribution < -0.4 is 0 Å². The standard InChI is InChI=1S/C12H8FN3O/c13-9-6-7(17)3-4-8(9)11-15-10-2-1-5-14-12(10)16-11/h1-6,17H,(H,14,15,16). The number of phenolic OH excluding ortho intramolecular Hbond substituents is 1. The number of nitrogens with zero attached hydrogens (tertiary/aromatic N) is 2. The molecule has 2 N–H and O–H groups in total. The molecule has 5 heteroatoms. The highest BCUT2D eigenvalue weighted by Gasteiger charge is 2.10. The Morgan fingerprint density at radius 1 is 1.24 bits per heavy atom. The van der Waals surface area contributed by atoms with Crippen molar-refractivity contribution >= 4 is 11.2 Å². The Bertz CT molecular complexity index is 660. The third-order valence-electron chi connectivity index (χ3n) is 2.47.